The first-order valence-corrected chi connectivity index (χ1v) is 16.4. The van der Waals surface area contributed by atoms with Crippen molar-refractivity contribution in [3.63, 3.8) is 0 Å². The van der Waals surface area contributed by atoms with E-state index in [9.17, 15) is 28.4 Å². The van der Waals surface area contributed by atoms with Gasteiger partial charge in [-0.1, -0.05) is 35.3 Å². The molecular weight excluding hydrogens is 679 g/mol. The van der Waals surface area contributed by atoms with Crippen molar-refractivity contribution in [3.8, 4) is 11.5 Å². The number of aromatic nitrogens is 1. The maximum atomic E-state index is 13.8. The Bertz CT molecular complexity index is 1640. The molecule has 0 radical (unpaired) electrons. The van der Waals surface area contributed by atoms with Gasteiger partial charge in [-0.15, -0.1) is 11.8 Å². The van der Waals surface area contributed by atoms with Gasteiger partial charge in [-0.2, -0.15) is 13.5 Å². The van der Waals surface area contributed by atoms with Crippen LogP contribution in [0.1, 0.15) is 50.8 Å². The van der Waals surface area contributed by atoms with Gasteiger partial charge in [-0.3, -0.25) is 9.59 Å². The number of nitrogens with zero attached hydrogens (tertiary/aromatic N) is 3. The van der Waals surface area contributed by atoms with Crippen LogP contribution >= 0.6 is 35.0 Å². The lowest BCUT2D eigenvalue weighted by atomic mass is 10.0. The molecule has 3 aromatic rings. The van der Waals surface area contributed by atoms with Gasteiger partial charge < -0.3 is 29.2 Å². The lowest BCUT2D eigenvalue weighted by Gasteiger charge is -2.26. The van der Waals surface area contributed by atoms with Crippen LogP contribution in [0.2, 0.25) is 10.0 Å². The van der Waals surface area contributed by atoms with Gasteiger partial charge in [-0.25, -0.2) is 4.79 Å². The summed E-state index contributed by atoms with van der Waals surface area (Å²) in [6, 6.07) is 10.4. The largest absolute Gasteiger partial charge is 0.619 e. The van der Waals surface area contributed by atoms with Crippen LogP contribution in [0.3, 0.4) is 0 Å². The third-order valence-corrected chi connectivity index (χ3v) is 9.38. The zero-order chi connectivity index (χ0) is 33.8. The highest BCUT2D eigenvalue weighted by Crippen LogP contribution is 2.39. The van der Waals surface area contributed by atoms with E-state index in [2.05, 4.69) is 4.74 Å². The monoisotopic (exact) mass is 709 g/mol. The Balaban J connectivity index is 1.44. The van der Waals surface area contributed by atoms with Gasteiger partial charge in [0.25, 0.3) is 11.8 Å². The molecule has 2 fully saturated rings. The average molecular weight is 711 g/mol. The number of hydrogen-bond acceptors (Lipinski definition) is 8. The first-order chi connectivity index (χ1) is 22.4. The Morgan fingerprint density at radius 2 is 1.77 bits per heavy atom. The molecule has 47 heavy (non-hydrogen) atoms. The Morgan fingerprint density at radius 3 is 2.43 bits per heavy atom. The molecule has 10 nitrogen and oxygen atoms in total. The summed E-state index contributed by atoms with van der Waals surface area (Å²) >= 11 is 13.9. The maximum Gasteiger partial charge on any atom is 0.387 e. The third kappa shape index (κ3) is 8.57. The molecule has 2 heterocycles. The minimum absolute atomic E-state index is 0.0237. The molecular formula is C32H31Cl2F2N3O7S. The molecule has 1 aromatic heterocycles. The lowest BCUT2D eigenvalue weighted by molar-refractivity contribution is -0.605. The number of halogens is 4. The molecule has 1 saturated heterocycles. The Labute approximate surface area is 284 Å². The molecule has 2 aromatic carbocycles. The summed E-state index contributed by atoms with van der Waals surface area (Å²) in [5.74, 6) is -0.876. The van der Waals surface area contributed by atoms with Gasteiger partial charge in [0, 0.05) is 49.5 Å². The van der Waals surface area contributed by atoms with Crippen molar-refractivity contribution in [1.82, 2.24) is 9.80 Å². The number of carbonyl (C=O) groups is 3. The van der Waals surface area contributed by atoms with Crippen LogP contribution < -0.4 is 14.2 Å². The SMILES string of the molecule is CN(C)C(=O)c1cccc(C(=O)N2CCSC2C(=O)OC(Cc2c(Cl)c[n+]([O-])cc2Cl)c2ccc(OC(F)F)c(OCC3CC3)c2)c1. The first kappa shape index (κ1) is 34.5. The first-order valence-electron chi connectivity index (χ1n) is 14.6. The number of hydrogen-bond donors (Lipinski definition) is 0. The Kier molecular flexibility index (Phi) is 11.0. The van der Waals surface area contributed by atoms with E-state index < -0.39 is 30.0 Å². The number of ether oxygens (including phenoxy) is 3. The maximum absolute atomic E-state index is 13.8. The van der Waals surface area contributed by atoms with Gasteiger partial charge >= 0.3 is 12.6 Å². The second kappa shape index (κ2) is 15.0. The average Bonchev–Trinajstić information content (AvgIpc) is 3.73. The van der Waals surface area contributed by atoms with E-state index in [1.807, 2.05) is 0 Å². The molecule has 0 spiro atoms. The number of carbonyl (C=O) groups excluding carboxylic acids is 3. The molecule has 1 aliphatic carbocycles. The minimum atomic E-state index is -3.09. The fourth-order valence-corrected chi connectivity index (χ4v) is 6.64. The molecule has 2 unspecified atom stereocenters. The molecule has 15 heteroatoms. The van der Waals surface area contributed by atoms with Crippen LogP contribution in [-0.4, -0.2) is 72.6 Å². The highest BCUT2D eigenvalue weighted by atomic mass is 35.5. The summed E-state index contributed by atoms with van der Waals surface area (Å²) in [5, 5.41) is 10.9. The smallest absolute Gasteiger partial charge is 0.387 e. The predicted octanol–water partition coefficient (Wildman–Crippen LogP) is 5.76. The molecule has 0 bridgehead atoms. The molecule has 1 saturated carbocycles. The molecule has 5 rings (SSSR count). The van der Waals surface area contributed by atoms with Crippen LogP contribution in [0, 0.1) is 11.1 Å². The summed E-state index contributed by atoms with van der Waals surface area (Å²) in [6.45, 7) is -2.55. The number of esters is 1. The van der Waals surface area contributed by atoms with E-state index >= 15 is 0 Å². The van der Waals surface area contributed by atoms with Crippen LogP contribution in [0.15, 0.2) is 54.9 Å². The molecule has 2 amide bonds. The zero-order valence-electron chi connectivity index (χ0n) is 25.4. The fourth-order valence-electron chi connectivity index (χ4n) is 4.94. The van der Waals surface area contributed by atoms with Gasteiger partial charge in [0.1, 0.15) is 16.1 Å². The van der Waals surface area contributed by atoms with Crippen molar-refractivity contribution in [3.05, 3.63) is 92.4 Å². The number of pyridine rings is 1. The third-order valence-electron chi connectivity index (χ3n) is 7.55. The summed E-state index contributed by atoms with van der Waals surface area (Å²) in [6.07, 6.45) is 2.94. The minimum Gasteiger partial charge on any atom is -0.619 e. The molecule has 2 aliphatic rings. The summed E-state index contributed by atoms with van der Waals surface area (Å²) in [7, 11) is 3.21. The lowest BCUT2D eigenvalue weighted by Crippen LogP contribution is -2.41. The van der Waals surface area contributed by atoms with E-state index in [-0.39, 0.29) is 46.0 Å². The van der Waals surface area contributed by atoms with E-state index in [1.165, 1.54) is 45.8 Å². The van der Waals surface area contributed by atoms with Crippen LogP contribution in [0.5, 0.6) is 11.5 Å². The molecule has 2 atom stereocenters. The van der Waals surface area contributed by atoms with Gasteiger partial charge in [0.05, 0.1) is 6.61 Å². The van der Waals surface area contributed by atoms with Crippen molar-refractivity contribution in [2.45, 2.75) is 37.4 Å². The van der Waals surface area contributed by atoms with Crippen LogP contribution in [0.25, 0.3) is 0 Å². The van der Waals surface area contributed by atoms with Crippen molar-refractivity contribution < 1.29 is 42.1 Å². The highest BCUT2D eigenvalue weighted by Gasteiger charge is 2.38. The second-order valence-electron chi connectivity index (χ2n) is 11.3. The van der Waals surface area contributed by atoms with E-state index in [0.29, 0.717) is 39.7 Å². The normalized spacial score (nSPS) is 16.6. The Morgan fingerprint density at radius 1 is 1.06 bits per heavy atom. The quantitative estimate of drug-likeness (QED) is 0.133. The predicted molar refractivity (Wildman–Crippen MR) is 171 cm³/mol. The van der Waals surface area contributed by atoms with Crippen molar-refractivity contribution in [1.29, 1.82) is 0 Å². The number of benzene rings is 2. The van der Waals surface area contributed by atoms with Crippen molar-refractivity contribution in [2.24, 2.45) is 5.92 Å². The number of rotatable bonds is 12. The van der Waals surface area contributed by atoms with Gasteiger partial charge in [0.2, 0.25) is 0 Å². The van der Waals surface area contributed by atoms with E-state index in [4.69, 9.17) is 32.7 Å². The fraction of sp³-hybridized carbons (Fsp3) is 0.375. The van der Waals surface area contributed by atoms with Crippen LogP contribution in [-0.2, 0) is 16.0 Å². The van der Waals surface area contributed by atoms with Gasteiger partial charge in [-0.05, 0) is 54.7 Å². The number of thioether (sulfide) groups is 1. The summed E-state index contributed by atoms with van der Waals surface area (Å²) < 4.78 is 43.3. The van der Waals surface area contributed by atoms with Crippen molar-refractivity contribution >= 4 is 52.7 Å². The second-order valence-corrected chi connectivity index (χ2v) is 13.3. The standard InChI is InChI=1S/C32H31Cl2F2N3O7S/c1-37(2)28(40)20-4-3-5-21(12-20)29(41)39-10-11-47-30(39)31(42)45-26(14-22-23(33)15-38(43)16-24(22)34)19-8-9-25(46-32(35)36)27(13-19)44-17-18-6-7-18/h3-5,8-9,12-13,15-16,18,26,30,32H,6-7,10-11,14,17H2,1-2H3. The zero-order valence-corrected chi connectivity index (χ0v) is 27.7. The Hall–Kier alpha value is -3.81. The number of amides is 2. The number of alkyl halides is 2. The highest BCUT2D eigenvalue weighted by molar-refractivity contribution is 8.00. The van der Waals surface area contributed by atoms with Gasteiger partial charge in [0.15, 0.2) is 29.3 Å². The summed E-state index contributed by atoms with van der Waals surface area (Å²) in [5.41, 5.74) is 1.21. The topological polar surface area (TPSA) is 112 Å². The van der Waals surface area contributed by atoms with Crippen LogP contribution in [0.4, 0.5) is 8.78 Å². The molecule has 1 aliphatic heterocycles. The molecule has 0 N–H and O–H groups in total. The van der Waals surface area contributed by atoms with E-state index in [0.717, 1.165) is 25.2 Å². The molecule has 250 valence electrons. The summed E-state index contributed by atoms with van der Waals surface area (Å²) in [4.78, 5) is 42.7. The van der Waals surface area contributed by atoms with E-state index in [1.54, 1.807) is 32.3 Å². The van der Waals surface area contributed by atoms with Crippen molar-refractivity contribution in [2.75, 3.05) is 33.0 Å².